The van der Waals surface area contributed by atoms with Gasteiger partial charge in [-0.15, -0.1) is 0 Å². The second-order valence-corrected chi connectivity index (χ2v) is 18.8. The second kappa shape index (κ2) is 42.0. The van der Waals surface area contributed by atoms with E-state index in [1.165, 1.54) is 0 Å². The summed E-state index contributed by atoms with van der Waals surface area (Å²) >= 11 is 0. The predicted molar refractivity (Wildman–Crippen MR) is 168 cm³/mol. The van der Waals surface area contributed by atoms with Gasteiger partial charge in [-0.25, -0.2) is 0 Å². The minimum atomic E-state index is 0. The van der Waals surface area contributed by atoms with Crippen LogP contribution < -0.4 is 168 Å². The van der Waals surface area contributed by atoms with Crippen LogP contribution >= 0.6 is 0 Å². The summed E-state index contributed by atoms with van der Waals surface area (Å²) in [5, 5.41) is 0. The Kier molecular flexibility index (Phi) is 91.3. The van der Waals surface area contributed by atoms with Crippen LogP contribution in [0.1, 0.15) is 0 Å². The van der Waals surface area contributed by atoms with Gasteiger partial charge in [-0.1, -0.05) is 0 Å². The van der Waals surface area contributed by atoms with Gasteiger partial charge in [-0.05, 0) is 0 Å². The molecule has 0 aliphatic rings. The maximum atomic E-state index is 2.12. The highest BCUT2D eigenvalue weighted by atomic mass is 127. The molecule has 0 aliphatic carbocycles. The van der Waals surface area contributed by atoms with Crippen molar-refractivity contribution in [3.8, 4) is 0 Å². The quantitative estimate of drug-likeness (QED) is 0.168. The number of quaternary nitrogens is 7. The van der Waals surface area contributed by atoms with Crippen molar-refractivity contribution in [3.63, 3.8) is 0 Å². The van der Waals surface area contributed by atoms with Crippen LogP contribution in [0.4, 0.5) is 0 Å². The average molecular weight is 1410 g/mol. The summed E-state index contributed by atoms with van der Waals surface area (Å²) in [7, 11) is 59.5. The standard InChI is InChI=1S/7C4H12N.7HI/c7*1-5(2,3)4;;;;;;;/h7*1-4H3;7*1H/q7*+1;;;;;;;/p-7. The third-order valence-electron chi connectivity index (χ3n) is 0. The molecule has 0 bridgehead atoms. The molecule has 0 N–H and O–H groups in total. The van der Waals surface area contributed by atoms with E-state index in [4.69, 9.17) is 0 Å². The highest BCUT2D eigenvalue weighted by Gasteiger charge is 1.91. The van der Waals surface area contributed by atoms with Gasteiger partial charge in [0.05, 0.1) is 197 Å². The van der Waals surface area contributed by atoms with E-state index in [1.54, 1.807) is 0 Å². The van der Waals surface area contributed by atoms with Gasteiger partial charge < -0.3 is 199 Å². The summed E-state index contributed by atoms with van der Waals surface area (Å²) in [5.74, 6) is 0. The lowest BCUT2D eigenvalue weighted by atomic mass is 10.8. The first-order chi connectivity index (χ1) is 14.0. The van der Waals surface area contributed by atoms with Crippen molar-refractivity contribution in [1.82, 2.24) is 0 Å². The van der Waals surface area contributed by atoms with Gasteiger partial charge in [0.1, 0.15) is 0 Å². The zero-order valence-electron chi connectivity index (χ0n) is 33.8. The van der Waals surface area contributed by atoms with Gasteiger partial charge in [0.25, 0.3) is 0 Å². The highest BCUT2D eigenvalue weighted by molar-refractivity contribution is 3.90. The van der Waals surface area contributed by atoms with Gasteiger partial charge >= 0.3 is 0 Å². The molecule has 0 fully saturated rings. The molecule has 0 aliphatic heterocycles. The summed E-state index contributed by atoms with van der Waals surface area (Å²) in [6.07, 6.45) is 0. The number of rotatable bonds is 0. The molecular formula is C28H84I7N7. The van der Waals surface area contributed by atoms with E-state index in [9.17, 15) is 0 Å². The Labute approximate surface area is 390 Å². The molecule has 0 rings (SSSR count). The molecule has 0 amide bonds. The van der Waals surface area contributed by atoms with E-state index >= 15 is 0 Å². The molecule has 0 aromatic rings. The van der Waals surface area contributed by atoms with Crippen LogP contribution in [0.15, 0.2) is 0 Å². The molecule has 0 aromatic heterocycles. The molecular weight excluding hydrogens is 1320 g/mol. The molecule has 0 aromatic carbocycles. The monoisotopic (exact) mass is 1410 g/mol. The minimum Gasteiger partial charge on any atom is -1.00 e. The number of halogens is 7. The zero-order chi connectivity index (χ0) is 31.5. The first-order valence-corrected chi connectivity index (χ1v) is 12.5. The molecule has 0 atom stereocenters. The normalized spacial score (nSPS) is 10.0. The van der Waals surface area contributed by atoms with E-state index in [0.29, 0.717) is 0 Å². The van der Waals surface area contributed by atoms with Crippen LogP contribution in [-0.2, 0) is 0 Å². The summed E-state index contributed by atoms with van der Waals surface area (Å²) < 4.78 is 7.00. The fourth-order valence-electron chi connectivity index (χ4n) is 0. The summed E-state index contributed by atoms with van der Waals surface area (Å²) in [5.41, 5.74) is 0. The predicted octanol–water partition coefficient (Wildman–Crippen LogP) is -18.7. The second-order valence-electron chi connectivity index (χ2n) is 18.8. The third-order valence-corrected chi connectivity index (χ3v) is 0. The molecule has 0 radical (unpaired) electrons. The molecule has 0 unspecified atom stereocenters. The van der Waals surface area contributed by atoms with Crippen LogP contribution in [0.5, 0.6) is 0 Å². The molecule has 0 saturated carbocycles. The zero-order valence-corrected chi connectivity index (χ0v) is 48.9. The minimum absolute atomic E-state index is 0. The highest BCUT2D eigenvalue weighted by Crippen LogP contribution is 1.76. The van der Waals surface area contributed by atoms with E-state index in [0.717, 1.165) is 31.4 Å². The third kappa shape index (κ3) is 3690. The van der Waals surface area contributed by atoms with Gasteiger partial charge in [0.2, 0.25) is 0 Å². The fourth-order valence-corrected chi connectivity index (χ4v) is 0. The summed E-state index contributed by atoms with van der Waals surface area (Å²) in [6.45, 7) is 0. The van der Waals surface area contributed by atoms with E-state index in [2.05, 4.69) is 197 Å². The van der Waals surface area contributed by atoms with Gasteiger partial charge in [0.15, 0.2) is 0 Å². The Morgan fingerprint density at radius 2 is 0.119 bits per heavy atom. The van der Waals surface area contributed by atoms with Crippen LogP contribution in [-0.4, -0.2) is 229 Å². The summed E-state index contributed by atoms with van der Waals surface area (Å²) in [4.78, 5) is 0. The van der Waals surface area contributed by atoms with Crippen LogP contribution in [0.3, 0.4) is 0 Å². The molecule has 7 nitrogen and oxygen atoms in total. The first-order valence-electron chi connectivity index (χ1n) is 12.5. The Balaban J connectivity index is -0.0000000177. The molecule has 0 heterocycles. The molecule has 0 spiro atoms. The van der Waals surface area contributed by atoms with Crippen molar-refractivity contribution >= 4 is 0 Å². The molecule has 280 valence electrons. The lowest BCUT2D eigenvalue weighted by Gasteiger charge is -2.14. The maximum Gasteiger partial charge on any atom is 0.0675 e. The molecule has 0 saturated heterocycles. The Morgan fingerprint density at radius 1 is 0.119 bits per heavy atom. The van der Waals surface area contributed by atoms with E-state index in [1.807, 2.05) is 0 Å². The Bertz CT molecular complexity index is 279. The van der Waals surface area contributed by atoms with Crippen molar-refractivity contribution in [1.29, 1.82) is 0 Å². The largest absolute Gasteiger partial charge is 1.00 e. The summed E-state index contributed by atoms with van der Waals surface area (Å²) in [6, 6.07) is 0. The van der Waals surface area contributed by atoms with Gasteiger partial charge in [-0.3, -0.25) is 0 Å². The smallest absolute Gasteiger partial charge is 0.0675 e. The SMILES string of the molecule is C[N+](C)(C)C.C[N+](C)(C)C.C[N+](C)(C)C.C[N+](C)(C)C.C[N+](C)(C)C.C[N+](C)(C)C.C[N+](C)(C)C.[I-].[I-].[I-].[I-].[I-].[I-].[I-]. The van der Waals surface area contributed by atoms with Crippen molar-refractivity contribution in [2.45, 2.75) is 0 Å². The maximum absolute atomic E-state index is 2.12. The molecule has 14 heteroatoms. The van der Waals surface area contributed by atoms with Crippen LogP contribution in [0, 0.1) is 0 Å². The topological polar surface area (TPSA) is 0 Å². The number of hydrogen-bond donors (Lipinski definition) is 0. The van der Waals surface area contributed by atoms with Crippen molar-refractivity contribution in [2.24, 2.45) is 0 Å². The number of nitrogens with zero attached hydrogens (tertiary/aromatic N) is 7. The lowest BCUT2D eigenvalue weighted by Crippen LogP contribution is -3.00. The number of hydrogen-bond acceptors (Lipinski definition) is 0. The van der Waals surface area contributed by atoms with Crippen LogP contribution in [0.25, 0.3) is 0 Å². The lowest BCUT2D eigenvalue weighted by molar-refractivity contribution is -0.849. The first kappa shape index (κ1) is 91.3. The van der Waals surface area contributed by atoms with Crippen molar-refractivity contribution < 1.29 is 199 Å². The Morgan fingerprint density at radius 3 is 0.119 bits per heavy atom. The van der Waals surface area contributed by atoms with E-state index in [-0.39, 0.29) is 168 Å². The van der Waals surface area contributed by atoms with Crippen molar-refractivity contribution in [3.05, 3.63) is 0 Å². The van der Waals surface area contributed by atoms with Crippen molar-refractivity contribution in [2.75, 3.05) is 197 Å². The Hall–Kier alpha value is 4.83. The van der Waals surface area contributed by atoms with Gasteiger partial charge in [-0.2, -0.15) is 0 Å². The average Bonchev–Trinajstić information content (AvgIpc) is 2.06. The fraction of sp³-hybridized carbons (Fsp3) is 1.00. The van der Waals surface area contributed by atoms with E-state index < -0.39 is 0 Å². The molecule has 42 heavy (non-hydrogen) atoms. The van der Waals surface area contributed by atoms with Crippen LogP contribution in [0.2, 0.25) is 0 Å². The van der Waals surface area contributed by atoms with Gasteiger partial charge in [0, 0.05) is 0 Å².